The summed E-state index contributed by atoms with van der Waals surface area (Å²) < 4.78 is 10.2. The van der Waals surface area contributed by atoms with Crippen LogP contribution in [0, 0.1) is 0 Å². The van der Waals surface area contributed by atoms with Gasteiger partial charge in [-0.25, -0.2) is 0 Å². The zero-order chi connectivity index (χ0) is 14.5. The van der Waals surface area contributed by atoms with Crippen molar-refractivity contribution in [3.05, 3.63) is 48.0 Å². The van der Waals surface area contributed by atoms with Crippen LogP contribution in [0.25, 0.3) is 0 Å². The Labute approximate surface area is 117 Å². The van der Waals surface area contributed by atoms with E-state index in [2.05, 4.69) is 5.32 Å². The van der Waals surface area contributed by atoms with E-state index in [-0.39, 0.29) is 5.91 Å². The van der Waals surface area contributed by atoms with Crippen LogP contribution in [-0.2, 0) is 0 Å². The number of para-hydroxylation sites is 1. The van der Waals surface area contributed by atoms with Gasteiger partial charge in [0.1, 0.15) is 11.5 Å². The largest absolute Gasteiger partial charge is 0.496 e. The summed E-state index contributed by atoms with van der Waals surface area (Å²) in [6.45, 7) is 0. The molecule has 0 bridgehead atoms. The Bertz CT molecular complexity index is 626. The summed E-state index contributed by atoms with van der Waals surface area (Å²) in [4.78, 5) is 12.2. The molecule has 1 amide bonds. The van der Waals surface area contributed by atoms with Gasteiger partial charge < -0.3 is 20.5 Å². The lowest BCUT2D eigenvalue weighted by molar-refractivity contribution is 0.102. The molecule has 2 aromatic carbocycles. The molecule has 0 unspecified atom stereocenters. The van der Waals surface area contributed by atoms with E-state index in [9.17, 15) is 4.79 Å². The van der Waals surface area contributed by atoms with E-state index in [4.69, 9.17) is 15.2 Å². The third kappa shape index (κ3) is 2.83. The second kappa shape index (κ2) is 5.97. The molecule has 0 spiro atoms. The van der Waals surface area contributed by atoms with Gasteiger partial charge in [-0.1, -0.05) is 12.1 Å². The number of carbonyl (C=O) groups is 1. The van der Waals surface area contributed by atoms with E-state index in [1.807, 2.05) is 0 Å². The van der Waals surface area contributed by atoms with Crippen LogP contribution in [0.2, 0.25) is 0 Å². The molecule has 0 aromatic heterocycles. The molecule has 0 aliphatic carbocycles. The monoisotopic (exact) mass is 272 g/mol. The average molecular weight is 272 g/mol. The Morgan fingerprint density at radius 2 is 1.75 bits per heavy atom. The van der Waals surface area contributed by atoms with Crippen LogP contribution in [-0.4, -0.2) is 20.1 Å². The van der Waals surface area contributed by atoms with E-state index < -0.39 is 0 Å². The van der Waals surface area contributed by atoms with E-state index in [1.165, 1.54) is 7.11 Å². The van der Waals surface area contributed by atoms with Crippen LogP contribution in [0.4, 0.5) is 11.4 Å². The summed E-state index contributed by atoms with van der Waals surface area (Å²) >= 11 is 0. The molecule has 0 heterocycles. The van der Waals surface area contributed by atoms with Gasteiger partial charge >= 0.3 is 0 Å². The van der Waals surface area contributed by atoms with Crippen LogP contribution in [0.5, 0.6) is 11.5 Å². The predicted molar refractivity (Wildman–Crippen MR) is 78.4 cm³/mol. The number of amides is 1. The molecule has 0 saturated carbocycles. The lowest BCUT2D eigenvalue weighted by Crippen LogP contribution is -2.13. The van der Waals surface area contributed by atoms with Crippen LogP contribution in [0.3, 0.4) is 0 Å². The number of hydrogen-bond donors (Lipinski definition) is 2. The second-order valence-electron chi connectivity index (χ2n) is 4.11. The van der Waals surface area contributed by atoms with Gasteiger partial charge in [0.25, 0.3) is 5.91 Å². The fraction of sp³-hybridized carbons (Fsp3) is 0.133. The number of rotatable bonds is 4. The van der Waals surface area contributed by atoms with Gasteiger partial charge in [-0.2, -0.15) is 0 Å². The van der Waals surface area contributed by atoms with E-state index in [0.717, 1.165) is 0 Å². The van der Waals surface area contributed by atoms with Crippen LogP contribution >= 0.6 is 0 Å². The van der Waals surface area contributed by atoms with Crippen molar-refractivity contribution in [2.45, 2.75) is 0 Å². The van der Waals surface area contributed by atoms with Gasteiger partial charge in [-0.15, -0.1) is 0 Å². The van der Waals surface area contributed by atoms with E-state index in [1.54, 1.807) is 49.6 Å². The van der Waals surface area contributed by atoms with Crippen molar-refractivity contribution in [2.24, 2.45) is 0 Å². The van der Waals surface area contributed by atoms with Crippen molar-refractivity contribution in [3.63, 3.8) is 0 Å². The summed E-state index contributed by atoms with van der Waals surface area (Å²) in [5, 5.41) is 2.77. The SMILES string of the molecule is COc1ccc(NC(=O)c2ccccc2OC)cc1N. The maximum absolute atomic E-state index is 12.2. The van der Waals surface area contributed by atoms with Gasteiger partial charge in [-0.05, 0) is 30.3 Å². The van der Waals surface area contributed by atoms with E-state index in [0.29, 0.717) is 28.4 Å². The first-order valence-electron chi connectivity index (χ1n) is 6.03. The first-order valence-corrected chi connectivity index (χ1v) is 6.03. The molecule has 0 saturated heterocycles. The Kier molecular flexibility index (Phi) is 4.10. The predicted octanol–water partition coefficient (Wildman–Crippen LogP) is 2.54. The highest BCUT2D eigenvalue weighted by atomic mass is 16.5. The van der Waals surface area contributed by atoms with Crippen molar-refractivity contribution in [1.29, 1.82) is 0 Å². The van der Waals surface area contributed by atoms with Crippen molar-refractivity contribution < 1.29 is 14.3 Å². The maximum Gasteiger partial charge on any atom is 0.259 e. The fourth-order valence-electron chi connectivity index (χ4n) is 1.84. The maximum atomic E-state index is 12.2. The zero-order valence-corrected chi connectivity index (χ0v) is 11.3. The highest BCUT2D eigenvalue weighted by Crippen LogP contribution is 2.25. The molecule has 104 valence electrons. The van der Waals surface area contributed by atoms with Gasteiger partial charge in [-0.3, -0.25) is 4.79 Å². The highest BCUT2D eigenvalue weighted by molar-refractivity contribution is 6.06. The van der Waals surface area contributed by atoms with Gasteiger partial charge in [0.15, 0.2) is 0 Å². The number of nitrogen functional groups attached to an aromatic ring is 1. The van der Waals surface area contributed by atoms with Crippen molar-refractivity contribution in [3.8, 4) is 11.5 Å². The minimum absolute atomic E-state index is 0.257. The first kappa shape index (κ1) is 13.7. The Balaban J connectivity index is 2.21. The van der Waals surface area contributed by atoms with Gasteiger partial charge in [0.2, 0.25) is 0 Å². The Hall–Kier alpha value is -2.69. The third-order valence-electron chi connectivity index (χ3n) is 2.84. The number of ether oxygens (including phenoxy) is 2. The lowest BCUT2D eigenvalue weighted by Gasteiger charge is -2.10. The second-order valence-corrected chi connectivity index (χ2v) is 4.11. The summed E-state index contributed by atoms with van der Waals surface area (Å²) in [7, 11) is 3.07. The number of nitrogens with two attached hydrogens (primary N) is 1. The molecule has 3 N–H and O–H groups in total. The quantitative estimate of drug-likeness (QED) is 0.839. The standard InChI is InChI=1S/C15H16N2O3/c1-19-13-6-4-3-5-11(13)15(18)17-10-7-8-14(20-2)12(16)9-10/h3-9H,16H2,1-2H3,(H,17,18). The number of anilines is 2. The minimum atomic E-state index is -0.257. The smallest absolute Gasteiger partial charge is 0.259 e. The summed E-state index contributed by atoms with van der Waals surface area (Å²) in [6, 6.07) is 12.1. The molecule has 0 aliphatic rings. The summed E-state index contributed by atoms with van der Waals surface area (Å²) in [6.07, 6.45) is 0. The Morgan fingerprint density at radius 1 is 1.05 bits per heavy atom. The number of methoxy groups -OCH3 is 2. The summed E-state index contributed by atoms with van der Waals surface area (Å²) in [5.41, 5.74) is 7.32. The molecule has 0 radical (unpaired) electrons. The topological polar surface area (TPSA) is 73.6 Å². The zero-order valence-electron chi connectivity index (χ0n) is 11.3. The van der Waals surface area contributed by atoms with Gasteiger partial charge in [0, 0.05) is 5.69 Å². The molecule has 0 atom stereocenters. The molecule has 0 fully saturated rings. The van der Waals surface area contributed by atoms with Crippen molar-refractivity contribution in [1.82, 2.24) is 0 Å². The molecule has 2 rings (SSSR count). The number of benzene rings is 2. The molecule has 5 nitrogen and oxygen atoms in total. The molecule has 5 heteroatoms. The van der Waals surface area contributed by atoms with Crippen LogP contribution < -0.4 is 20.5 Å². The number of carbonyl (C=O) groups excluding carboxylic acids is 1. The molecule has 2 aromatic rings. The first-order chi connectivity index (χ1) is 9.65. The van der Waals surface area contributed by atoms with Crippen LogP contribution in [0.1, 0.15) is 10.4 Å². The van der Waals surface area contributed by atoms with Crippen molar-refractivity contribution >= 4 is 17.3 Å². The molecule has 0 aliphatic heterocycles. The molecular formula is C15H16N2O3. The molecule has 20 heavy (non-hydrogen) atoms. The summed E-state index contributed by atoms with van der Waals surface area (Å²) in [5.74, 6) is 0.832. The molecular weight excluding hydrogens is 256 g/mol. The van der Waals surface area contributed by atoms with E-state index >= 15 is 0 Å². The van der Waals surface area contributed by atoms with Crippen molar-refractivity contribution in [2.75, 3.05) is 25.3 Å². The highest BCUT2D eigenvalue weighted by Gasteiger charge is 2.12. The number of hydrogen-bond acceptors (Lipinski definition) is 4. The Morgan fingerprint density at radius 3 is 2.40 bits per heavy atom. The third-order valence-corrected chi connectivity index (χ3v) is 2.84. The minimum Gasteiger partial charge on any atom is -0.496 e. The van der Waals surface area contributed by atoms with Gasteiger partial charge in [0.05, 0.1) is 25.5 Å². The normalized spacial score (nSPS) is 9.90. The lowest BCUT2D eigenvalue weighted by atomic mass is 10.1. The van der Waals surface area contributed by atoms with Crippen LogP contribution in [0.15, 0.2) is 42.5 Å². The average Bonchev–Trinajstić information content (AvgIpc) is 2.47. The fourth-order valence-corrected chi connectivity index (χ4v) is 1.84. The number of nitrogens with one attached hydrogen (secondary N) is 1.